The van der Waals surface area contributed by atoms with Gasteiger partial charge in [0.1, 0.15) is 17.1 Å². The van der Waals surface area contributed by atoms with Crippen LogP contribution < -0.4 is 0 Å². The highest BCUT2D eigenvalue weighted by atomic mass is 32.2. The summed E-state index contributed by atoms with van der Waals surface area (Å²) in [6.45, 7) is 0.311. The molecule has 2 heterocycles. The highest BCUT2D eigenvalue weighted by Crippen LogP contribution is 2.55. The zero-order chi connectivity index (χ0) is 22.9. The molecule has 6 rings (SSSR count). The number of benzene rings is 2. The van der Waals surface area contributed by atoms with E-state index in [0.717, 1.165) is 24.8 Å². The van der Waals surface area contributed by atoms with Gasteiger partial charge in [-0.15, -0.1) is 0 Å². The summed E-state index contributed by atoms with van der Waals surface area (Å²) in [4.78, 5) is 20.7. The Bertz CT molecular complexity index is 1360. The fourth-order valence-electron chi connectivity index (χ4n) is 6.14. The number of hydrogen-bond donors (Lipinski definition) is 1. The molecule has 6 nitrogen and oxygen atoms in total. The standard InChI is InChI=1S/C25H24FN3O3S/c1-33(32)19-5-3-2-4-18(19)27-24(28-33)21-23(30)20-15-8-9-16(12-15)22(20)29(25(21)31)13-14-6-10-17(26)11-7-14/h2-7,10-11,15-16,20,22,30H,8-9,12-13H2,1H3. The van der Waals surface area contributed by atoms with Crippen LogP contribution in [0.15, 0.2) is 74.1 Å². The first kappa shape index (κ1) is 20.6. The van der Waals surface area contributed by atoms with Crippen LogP contribution in [0, 0.1) is 23.6 Å². The first-order valence-electron chi connectivity index (χ1n) is 11.2. The number of para-hydroxylation sites is 1. The van der Waals surface area contributed by atoms with Gasteiger partial charge >= 0.3 is 0 Å². The molecule has 0 saturated heterocycles. The Labute approximate surface area is 192 Å². The number of hydrogen-bond acceptors (Lipinski definition) is 5. The van der Waals surface area contributed by atoms with E-state index in [4.69, 9.17) is 0 Å². The van der Waals surface area contributed by atoms with Crippen LogP contribution in [-0.2, 0) is 21.1 Å². The van der Waals surface area contributed by atoms with Gasteiger partial charge < -0.3 is 10.0 Å². The number of nitrogens with zero attached hydrogens (tertiary/aromatic N) is 3. The molecular formula is C25H24FN3O3S. The monoisotopic (exact) mass is 465 g/mol. The molecule has 33 heavy (non-hydrogen) atoms. The van der Waals surface area contributed by atoms with Gasteiger partial charge in [-0.05, 0) is 60.9 Å². The minimum atomic E-state index is -2.81. The molecule has 1 N–H and O–H groups in total. The lowest BCUT2D eigenvalue weighted by Gasteiger charge is -2.43. The lowest BCUT2D eigenvalue weighted by Crippen LogP contribution is -2.53. The van der Waals surface area contributed by atoms with E-state index in [1.54, 1.807) is 41.3 Å². The number of aliphatic imine (C=N–C) groups is 1. The van der Waals surface area contributed by atoms with Crippen LogP contribution >= 0.6 is 0 Å². The Hall–Kier alpha value is -3.00. The lowest BCUT2D eigenvalue weighted by molar-refractivity contribution is -0.134. The van der Waals surface area contributed by atoms with Crippen LogP contribution in [0.3, 0.4) is 0 Å². The van der Waals surface area contributed by atoms with Crippen molar-refractivity contribution in [1.29, 1.82) is 0 Å². The van der Waals surface area contributed by atoms with Crippen LogP contribution in [0.1, 0.15) is 24.8 Å². The molecule has 5 unspecified atom stereocenters. The lowest BCUT2D eigenvalue weighted by atomic mass is 9.77. The van der Waals surface area contributed by atoms with Gasteiger partial charge in [-0.25, -0.2) is 13.6 Å². The summed E-state index contributed by atoms with van der Waals surface area (Å²) in [6.07, 6.45) is 4.54. The average molecular weight is 466 g/mol. The summed E-state index contributed by atoms with van der Waals surface area (Å²) in [5.41, 5.74) is 1.37. The molecule has 0 spiro atoms. The number of carbonyl (C=O) groups excluding carboxylic acids is 1. The maximum Gasteiger partial charge on any atom is 0.261 e. The van der Waals surface area contributed by atoms with E-state index in [1.807, 2.05) is 0 Å². The minimum Gasteiger partial charge on any atom is -0.511 e. The molecule has 2 aliphatic heterocycles. The van der Waals surface area contributed by atoms with Crippen LogP contribution in [-0.4, -0.2) is 38.3 Å². The Morgan fingerprint density at radius 3 is 2.64 bits per heavy atom. The van der Waals surface area contributed by atoms with Gasteiger partial charge in [0.05, 0.1) is 20.3 Å². The molecule has 2 aromatic rings. The zero-order valence-corrected chi connectivity index (χ0v) is 19.0. The molecule has 5 atom stereocenters. The Morgan fingerprint density at radius 2 is 1.85 bits per heavy atom. The van der Waals surface area contributed by atoms with Crippen molar-refractivity contribution in [2.75, 3.05) is 6.26 Å². The summed E-state index contributed by atoms with van der Waals surface area (Å²) in [7, 11) is -2.81. The second-order valence-electron chi connectivity index (χ2n) is 9.47. The van der Waals surface area contributed by atoms with Gasteiger partial charge in [0, 0.05) is 24.8 Å². The average Bonchev–Trinajstić information content (AvgIpc) is 3.40. The molecular weight excluding hydrogens is 441 g/mol. The van der Waals surface area contributed by atoms with Crippen LogP contribution in [0.2, 0.25) is 0 Å². The van der Waals surface area contributed by atoms with Crippen molar-refractivity contribution in [3.63, 3.8) is 0 Å². The highest BCUT2D eigenvalue weighted by Gasteiger charge is 2.57. The van der Waals surface area contributed by atoms with Gasteiger partial charge in [0.2, 0.25) is 0 Å². The van der Waals surface area contributed by atoms with E-state index >= 15 is 0 Å². The number of halogens is 1. The molecule has 1 amide bonds. The van der Waals surface area contributed by atoms with Gasteiger partial charge in [0.15, 0.2) is 5.84 Å². The van der Waals surface area contributed by atoms with Crippen molar-refractivity contribution < 1.29 is 18.5 Å². The number of rotatable bonds is 3. The van der Waals surface area contributed by atoms with Crippen LogP contribution in [0.5, 0.6) is 0 Å². The van der Waals surface area contributed by atoms with E-state index in [0.29, 0.717) is 29.0 Å². The van der Waals surface area contributed by atoms with Crippen molar-refractivity contribution in [1.82, 2.24) is 4.90 Å². The fourth-order valence-corrected chi connectivity index (χ4v) is 7.54. The first-order chi connectivity index (χ1) is 15.8. The molecule has 2 aromatic carbocycles. The zero-order valence-electron chi connectivity index (χ0n) is 18.1. The summed E-state index contributed by atoms with van der Waals surface area (Å²) < 4.78 is 31.2. The third-order valence-corrected chi connectivity index (χ3v) is 9.21. The molecule has 2 bridgehead atoms. The molecule has 0 radical (unpaired) electrons. The van der Waals surface area contributed by atoms with E-state index in [1.165, 1.54) is 18.4 Å². The fraction of sp³-hybridized carbons (Fsp3) is 0.360. The van der Waals surface area contributed by atoms with Crippen molar-refractivity contribution in [3.8, 4) is 0 Å². The Kier molecular flexibility index (Phi) is 4.52. The summed E-state index contributed by atoms with van der Waals surface area (Å²) in [5, 5.41) is 11.4. The van der Waals surface area contributed by atoms with Crippen LogP contribution in [0.4, 0.5) is 10.1 Å². The number of amidine groups is 1. The second-order valence-corrected chi connectivity index (χ2v) is 11.7. The number of fused-ring (bicyclic) bond motifs is 6. The van der Waals surface area contributed by atoms with Gasteiger partial charge in [0.25, 0.3) is 5.91 Å². The smallest absolute Gasteiger partial charge is 0.261 e. The van der Waals surface area contributed by atoms with E-state index in [2.05, 4.69) is 9.36 Å². The molecule has 4 aliphatic rings. The predicted octanol–water partition coefficient (Wildman–Crippen LogP) is 4.60. The number of carbonyl (C=O) groups is 1. The second kappa shape index (κ2) is 7.25. The van der Waals surface area contributed by atoms with Gasteiger partial charge in [-0.2, -0.15) is 4.36 Å². The summed E-state index contributed by atoms with van der Waals surface area (Å²) in [5.74, 6) is -0.177. The predicted molar refractivity (Wildman–Crippen MR) is 123 cm³/mol. The molecule has 2 fully saturated rings. The van der Waals surface area contributed by atoms with Gasteiger partial charge in [-0.3, -0.25) is 4.79 Å². The maximum absolute atomic E-state index is 13.8. The van der Waals surface area contributed by atoms with Crippen molar-refractivity contribution >= 4 is 27.2 Å². The summed E-state index contributed by atoms with van der Waals surface area (Å²) >= 11 is 0. The maximum atomic E-state index is 13.8. The van der Waals surface area contributed by atoms with E-state index in [-0.39, 0.29) is 40.9 Å². The quantitative estimate of drug-likeness (QED) is 0.720. The molecule has 170 valence electrons. The SMILES string of the molecule is CS1(=O)=NC(C2=C(O)C3C4CCC(C4)C3N(Cc3ccc(F)cc3)C2=O)=Nc2ccccc21. The van der Waals surface area contributed by atoms with Crippen molar-refractivity contribution in [2.45, 2.75) is 36.7 Å². The van der Waals surface area contributed by atoms with Crippen LogP contribution in [0.25, 0.3) is 0 Å². The summed E-state index contributed by atoms with van der Waals surface area (Å²) in [6, 6.07) is 13.1. The van der Waals surface area contributed by atoms with E-state index in [9.17, 15) is 18.5 Å². The number of amides is 1. The third kappa shape index (κ3) is 3.14. The van der Waals surface area contributed by atoms with Gasteiger partial charge in [-0.1, -0.05) is 24.3 Å². The van der Waals surface area contributed by atoms with Crippen molar-refractivity contribution in [3.05, 3.63) is 71.2 Å². The number of aliphatic hydroxyl groups is 1. The molecule has 2 aliphatic carbocycles. The topological polar surface area (TPSA) is 82.3 Å². The Morgan fingerprint density at radius 1 is 1.12 bits per heavy atom. The minimum absolute atomic E-state index is 0.0321. The normalized spacial score (nSPS) is 32.4. The molecule has 8 heteroatoms. The third-order valence-electron chi connectivity index (χ3n) is 7.53. The Balaban J connectivity index is 1.48. The number of aliphatic hydroxyl groups excluding tert-OH is 1. The molecule has 2 saturated carbocycles. The van der Waals surface area contributed by atoms with Crippen molar-refractivity contribution in [2.24, 2.45) is 27.1 Å². The first-order valence-corrected chi connectivity index (χ1v) is 13.1. The highest BCUT2D eigenvalue weighted by molar-refractivity contribution is 7.93. The molecule has 0 aromatic heterocycles. The van der Waals surface area contributed by atoms with E-state index < -0.39 is 9.73 Å². The largest absolute Gasteiger partial charge is 0.511 e.